The van der Waals surface area contributed by atoms with E-state index >= 15 is 0 Å². The zero-order valence-electron chi connectivity index (χ0n) is 9.46. The van der Waals surface area contributed by atoms with Crippen molar-refractivity contribution in [3.05, 3.63) is 11.6 Å². The molecule has 86 valence electrons. The number of nitrogens with one attached hydrogen (secondary N) is 1. The molecule has 0 aromatic carbocycles. The van der Waals surface area contributed by atoms with E-state index in [2.05, 4.69) is 11.4 Å². The maximum Gasteiger partial charge on any atom is 0.224 e. The van der Waals surface area contributed by atoms with E-state index in [9.17, 15) is 4.79 Å². The summed E-state index contributed by atoms with van der Waals surface area (Å²) in [5, 5.41) is 11.8. The van der Waals surface area contributed by atoms with Crippen molar-refractivity contribution in [2.24, 2.45) is 0 Å². The second-order valence-corrected chi connectivity index (χ2v) is 4.14. The van der Waals surface area contributed by atoms with E-state index in [-0.39, 0.29) is 18.6 Å². The lowest BCUT2D eigenvalue weighted by molar-refractivity contribution is -0.121. The number of allylic oxidation sites excluding steroid dienone is 1. The molecule has 0 bridgehead atoms. The molecule has 3 heteroatoms. The minimum atomic E-state index is -0.0818. The molecule has 1 unspecified atom stereocenters. The van der Waals surface area contributed by atoms with Gasteiger partial charge in [0.25, 0.3) is 0 Å². The maximum absolute atomic E-state index is 11.6. The first-order chi connectivity index (χ1) is 7.26. The van der Waals surface area contributed by atoms with Gasteiger partial charge in [-0.15, -0.1) is 0 Å². The molecule has 1 atom stereocenters. The minimum absolute atomic E-state index is 0.0291. The number of carbonyl (C=O) groups is 1. The van der Waals surface area contributed by atoms with E-state index in [0.29, 0.717) is 6.42 Å². The van der Waals surface area contributed by atoms with Gasteiger partial charge in [0.05, 0.1) is 12.6 Å². The van der Waals surface area contributed by atoms with Crippen LogP contribution in [0.15, 0.2) is 11.6 Å². The molecule has 0 saturated heterocycles. The van der Waals surface area contributed by atoms with Crippen molar-refractivity contribution in [3.63, 3.8) is 0 Å². The molecule has 0 aromatic rings. The van der Waals surface area contributed by atoms with E-state index in [1.54, 1.807) is 0 Å². The van der Waals surface area contributed by atoms with Gasteiger partial charge in [-0.3, -0.25) is 4.79 Å². The summed E-state index contributed by atoms with van der Waals surface area (Å²) in [7, 11) is 0. The van der Waals surface area contributed by atoms with Gasteiger partial charge in [-0.1, -0.05) is 18.6 Å². The number of hydrogen-bond acceptors (Lipinski definition) is 2. The van der Waals surface area contributed by atoms with Crippen LogP contribution in [0.3, 0.4) is 0 Å². The Balaban J connectivity index is 2.31. The number of aliphatic hydroxyl groups is 1. The summed E-state index contributed by atoms with van der Waals surface area (Å²) in [6, 6.07) is -0.0818. The molecule has 1 aliphatic rings. The molecule has 0 spiro atoms. The van der Waals surface area contributed by atoms with Crippen LogP contribution in [0.1, 0.15) is 45.4 Å². The van der Waals surface area contributed by atoms with Gasteiger partial charge in [-0.25, -0.2) is 0 Å². The third kappa shape index (κ3) is 4.47. The zero-order valence-corrected chi connectivity index (χ0v) is 9.46. The van der Waals surface area contributed by atoms with Crippen molar-refractivity contribution in [3.8, 4) is 0 Å². The van der Waals surface area contributed by atoms with Crippen molar-refractivity contribution < 1.29 is 9.90 Å². The fourth-order valence-corrected chi connectivity index (χ4v) is 1.83. The van der Waals surface area contributed by atoms with Gasteiger partial charge in [0.15, 0.2) is 0 Å². The minimum Gasteiger partial charge on any atom is -0.394 e. The lowest BCUT2D eigenvalue weighted by Crippen LogP contribution is -2.37. The third-order valence-corrected chi connectivity index (χ3v) is 2.85. The first kappa shape index (κ1) is 12.2. The molecule has 0 heterocycles. The lowest BCUT2D eigenvalue weighted by atomic mass is 9.97. The molecular formula is C12H21NO2. The number of amides is 1. The predicted octanol–water partition coefficient (Wildman–Crippen LogP) is 1.76. The van der Waals surface area contributed by atoms with Gasteiger partial charge < -0.3 is 10.4 Å². The normalized spacial score (nSPS) is 18.1. The van der Waals surface area contributed by atoms with Crippen molar-refractivity contribution >= 4 is 5.91 Å². The Morgan fingerprint density at radius 1 is 1.60 bits per heavy atom. The average Bonchev–Trinajstić information content (AvgIpc) is 2.27. The van der Waals surface area contributed by atoms with Crippen LogP contribution < -0.4 is 5.32 Å². The smallest absolute Gasteiger partial charge is 0.224 e. The summed E-state index contributed by atoms with van der Waals surface area (Å²) < 4.78 is 0. The number of aliphatic hydroxyl groups excluding tert-OH is 1. The predicted molar refractivity (Wildman–Crippen MR) is 60.5 cm³/mol. The van der Waals surface area contributed by atoms with Gasteiger partial charge in [0.2, 0.25) is 5.91 Å². The Morgan fingerprint density at radius 2 is 2.40 bits per heavy atom. The number of rotatable bonds is 5. The zero-order chi connectivity index (χ0) is 11.1. The Kier molecular flexibility index (Phi) is 5.40. The van der Waals surface area contributed by atoms with Crippen LogP contribution in [-0.2, 0) is 4.79 Å². The standard InChI is InChI=1S/C12H21NO2/c1-2-11(9-14)13-12(15)8-10-6-4-3-5-7-10/h6,11,14H,2-5,7-9H2,1H3,(H,13,15). The molecule has 1 rings (SSSR count). The van der Waals surface area contributed by atoms with Crippen LogP contribution in [0.25, 0.3) is 0 Å². The van der Waals surface area contributed by atoms with E-state index in [1.165, 1.54) is 18.4 Å². The number of carbonyl (C=O) groups excluding carboxylic acids is 1. The average molecular weight is 211 g/mol. The van der Waals surface area contributed by atoms with Gasteiger partial charge in [0.1, 0.15) is 0 Å². The molecule has 0 aliphatic heterocycles. The van der Waals surface area contributed by atoms with Gasteiger partial charge >= 0.3 is 0 Å². The quantitative estimate of drug-likeness (QED) is 0.681. The Labute approximate surface area is 91.6 Å². The highest BCUT2D eigenvalue weighted by molar-refractivity contribution is 5.78. The fourth-order valence-electron chi connectivity index (χ4n) is 1.83. The van der Waals surface area contributed by atoms with Gasteiger partial charge in [0, 0.05) is 6.42 Å². The number of hydrogen-bond donors (Lipinski definition) is 2. The van der Waals surface area contributed by atoms with Gasteiger partial charge in [-0.2, -0.15) is 0 Å². The summed E-state index contributed by atoms with van der Waals surface area (Å²) in [5.74, 6) is 0.0454. The van der Waals surface area contributed by atoms with Crippen molar-refractivity contribution in [2.45, 2.75) is 51.5 Å². The maximum atomic E-state index is 11.6. The third-order valence-electron chi connectivity index (χ3n) is 2.85. The van der Waals surface area contributed by atoms with Crippen LogP contribution >= 0.6 is 0 Å². The molecule has 2 N–H and O–H groups in total. The van der Waals surface area contributed by atoms with Crippen molar-refractivity contribution in [1.82, 2.24) is 5.32 Å². The summed E-state index contributed by atoms with van der Waals surface area (Å²) >= 11 is 0. The summed E-state index contributed by atoms with van der Waals surface area (Å²) in [4.78, 5) is 11.6. The van der Waals surface area contributed by atoms with E-state index in [4.69, 9.17) is 5.11 Å². The summed E-state index contributed by atoms with van der Waals surface area (Å²) in [5.41, 5.74) is 1.26. The molecule has 1 aliphatic carbocycles. The SMILES string of the molecule is CCC(CO)NC(=O)CC1=CCCCC1. The van der Waals surface area contributed by atoms with E-state index in [0.717, 1.165) is 19.3 Å². The van der Waals surface area contributed by atoms with Crippen LogP contribution in [0, 0.1) is 0 Å². The highest BCUT2D eigenvalue weighted by Gasteiger charge is 2.12. The summed E-state index contributed by atoms with van der Waals surface area (Å²) in [6.07, 6.45) is 8.10. The highest BCUT2D eigenvalue weighted by Crippen LogP contribution is 2.19. The van der Waals surface area contributed by atoms with Crippen LogP contribution in [0.2, 0.25) is 0 Å². The molecule has 3 nitrogen and oxygen atoms in total. The summed E-state index contributed by atoms with van der Waals surface area (Å²) in [6.45, 7) is 1.99. The molecule has 15 heavy (non-hydrogen) atoms. The lowest BCUT2D eigenvalue weighted by Gasteiger charge is -2.16. The Hall–Kier alpha value is -0.830. The van der Waals surface area contributed by atoms with E-state index < -0.39 is 0 Å². The highest BCUT2D eigenvalue weighted by atomic mass is 16.3. The second-order valence-electron chi connectivity index (χ2n) is 4.14. The second kappa shape index (κ2) is 6.62. The van der Waals surface area contributed by atoms with Gasteiger partial charge in [-0.05, 0) is 32.1 Å². The fraction of sp³-hybridized carbons (Fsp3) is 0.750. The van der Waals surface area contributed by atoms with Crippen molar-refractivity contribution in [2.75, 3.05) is 6.61 Å². The molecule has 0 fully saturated rings. The molecular weight excluding hydrogens is 190 g/mol. The van der Waals surface area contributed by atoms with Crippen LogP contribution in [0.4, 0.5) is 0 Å². The Morgan fingerprint density at radius 3 is 2.93 bits per heavy atom. The molecule has 1 amide bonds. The molecule has 0 saturated carbocycles. The van der Waals surface area contributed by atoms with Crippen molar-refractivity contribution in [1.29, 1.82) is 0 Å². The van der Waals surface area contributed by atoms with E-state index in [1.807, 2.05) is 6.92 Å². The first-order valence-corrected chi connectivity index (χ1v) is 5.84. The van der Waals surface area contributed by atoms with Crippen LogP contribution in [0.5, 0.6) is 0 Å². The largest absolute Gasteiger partial charge is 0.394 e. The topological polar surface area (TPSA) is 49.3 Å². The first-order valence-electron chi connectivity index (χ1n) is 5.84. The monoisotopic (exact) mass is 211 g/mol. The van der Waals surface area contributed by atoms with Crippen LogP contribution in [-0.4, -0.2) is 23.7 Å². The molecule has 0 radical (unpaired) electrons. The molecule has 0 aromatic heterocycles. The Bertz CT molecular complexity index is 232.